The number of ether oxygens (including phenoxy) is 1. The van der Waals surface area contributed by atoms with Crippen LogP contribution in [0.15, 0.2) is 54.2 Å². The molecule has 168 valence electrons. The monoisotopic (exact) mass is 437 g/mol. The second-order valence-electron chi connectivity index (χ2n) is 8.25. The third kappa shape index (κ3) is 4.12. The van der Waals surface area contributed by atoms with E-state index in [-0.39, 0.29) is 11.7 Å². The summed E-state index contributed by atoms with van der Waals surface area (Å²) in [5.74, 6) is -0.672. The molecule has 0 atom stereocenters. The number of imide groups is 1. The molecular weight excluding hydrogens is 409 g/mol. The van der Waals surface area contributed by atoms with Gasteiger partial charge in [0, 0.05) is 13.1 Å². The van der Waals surface area contributed by atoms with Crippen LogP contribution in [0.25, 0.3) is 5.57 Å². The molecule has 4 rings (SSSR count). The molecule has 0 spiro atoms. The van der Waals surface area contributed by atoms with Crippen molar-refractivity contribution >= 4 is 23.1 Å². The third-order valence-corrected chi connectivity index (χ3v) is 6.17. The van der Waals surface area contributed by atoms with Crippen molar-refractivity contribution in [3.8, 4) is 5.75 Å². The average Bonchev–Trinajstić information content (AvgIpc) is 3.04. The third-order valence-electron chi connectivity index (χ3n) is 6.17. The standard InChI is InChI=1S/C25H28FN3O3/c1-4-32-21-10-8-17(9-11-21)22-23(28(3)19-12-14-27(2)15-13-19)25(31)29(24(22)30)20-7-5-6-18(26)16-20/h5-11,16,19H,4,12-15H2,1-3H3. The van der Waals surface area contributed by atoms with Crippen molar-refractivity contribution in [1.82, 2.24) is 9.80 Å². The Morgan fingerprint density at radius 3 is 2.38 bits per heavy atom. The van der Waals surface area contributed by atoms with Crippen LogP contribution in [-0.2, 0) is 9.59 Å². The highest BCUT2D eigenvalue weighted by molar-refractivity contribution is 6.45. The van der Waals surface area contributed by atoms with Crippen LogP contribution in [0.5, 0.6) is 5.75 Å². The maximum Gasteiger partial charge on any atom is 0.282 e. The summed E-state index contributed by atoms with van der Waals surface area (Å²) in [6.45, 7) is 4.30. The van der Waals surface area contributed by atoms with Crippen molar-refractivity contribution in [2.45, 2.75) is 25.8 Å². The number of carbonyl (C=O) groups is 2. The number of amides is 2. The molecule has 1 saturated heterocycles. The molecule has 0 aliphatic carbocycles. The molecule has 0 aromatic heterocycles. The summed E-state index contributed by atoms with van der Waals surface area (Å²) < 4.78 is 19.4. The molecule has 32 heavy (non-hydrogen) atoms. The highest BCUT2D eigenvalue weighted by atomic mass is 19.1. The van der Waals surface area contributed by atoms with Gasteiger partial charge in [0.25, 0.3) is 11.8 Å². The number of carbonyl (C=O) groups excluding carboxylic acids is 2. The van der Waals surface area contributed by atoms with Gasteiger partial charge >= 0.3 is 0 Å². The zero-order chi connectivity index (χ0) is 22.8. The first-order chi connectivity index (χ1) is 15.4. The first-order valence-corrected chi connectivity index (χ1v) is 10.9. The molecule has 2 amide bonds. The Balaban J connectivity index is 1.76. The number of benzene rings is 2. The Morgan fingerprint density at radius 1 is 1.06 bits per heavy atom. The lowest BCUT2D eigenvalue weighted by Crippen LogP contribution is -2.43. The number of piperidine rings is 1. The fourth-order valence-electron chi connectivity index (χ4n) is 4.40. The highest BCUT2D eigenvalue weighted by Crippen LogP contribution is 2.36. The summed E-state index contributed by atoms with van der Waals surface area (Å²) in [6, 6.07) is 12.9. The minimum absolute atomic E-state index is 0.142. The maximum atomic E-state index is 13.9. The lowest BCUT2D eigenvalue weighted by molar-refractivity contribution is -0.120. The van der Waals surface area contributed by atoms with Crippen molar-refractivity contribution in [3.05, 3.63) is 65.6 Å². The second kappa shape index (κ2) is 9.12. The van der Waals surface area contributed by atoms with Crippen molar-refractivity contribution in [1.29, 1.82) is 0 Å². The Hall–Kier alpha value is -3.19. The molecule has 1 fully saturated rings. The number of nitrogens with zero attached hydrogens (tertiary/aromatic N) is 3. The quantitative estimate of drug-likeness (QED) is 0.647. The highest BCUT2D eigenvalue weighted by Gasteiger charge is 2.43. The Morgan fingerprint density at radius 2 is 1.75 bits per heavy atom. The fraction of sp³-hybridized carbons (Fsp3) is 0.360. The van der Waals surface area contributed by atoms with E-state index >= 15 is 0 Å². The summed E-state index contributed by atoms with van der Waals surface area (Å²) in [4.78, 5) is 32.4. The first kappa shape index (κ1) is 22.0. The summed E-state index contributed by atoms with van der Waals surface area (Å²) in [6.07, 6.45) is 1.79. The molecule has 2 aliphatic rings. The molecule has 2 aliphatic heterocycles. The second-order valence-corrected chi connectivity index (χ2v) is 8.25. The fourth-order valence-corrected chi connectivity index (χ4v) is 4.40. The molecule has 0 N–H and O–H groups in total. The number of halogens is 1. The van der Waals surface area contributed by atoms with Crippen molar-refractivity contribution in [2.24, 2.45) is 0 Å². The molecule has 0 unspecified atom stereocenters. The largest absolute Gasteiger partial charge is 0.494 e. The SMILES string of the molecule is CCOc1ccc(C2=C(N(C)C3CCN(C)CC3)C(=O)N(c3cccc(F)c3)C2=O)cc1. The van der Waals surface area contributed by atoms with Crippen LogP contribution >= 0.6 is 0 Å². The topological polar surface area (TPSA) is 53.1 Å². The lowest BCUT2D eigenvalue weighted by atomic mass is 10.00. The van der Waals surface area contributed by atoms with E-state index in [1.165, 1.54) is 18.2 Å². The van der Waals surface area contributed by atoms with E-state index in [1.54, 1.807) is 30.3 Å². The van der Waals surface area contributed by atoms with Gasteiger partial charge in [0.05, 0.1) is 17.9 Å². The van der Waals surface area contributed by atoms with Crippen molar-refractivity contribution in [3.63, 3.8) is 0 Å². The summed E-state index contributed by atoms with van der Waals surface area (Å²) >= 11 is 0. The number of hydrogen-bond acceptors (Lipinski definition) is 5. The molecule has 2 aromatic carbocycles. The molecule has 6 nitrogen and oxygen atoms in total. The molecule has 2 aromatic rings. The maximum absolute atomic E-state index is 13.9. The van der Waals surface area contributed by atoms with Gasteiger partial charge in [-0.15, -0.1) is 0 Å². The van der Waals surface area contributed by atoms with Crippen LogP contribution in [0.1, 0.15) is 25.3 Å². The molecule has 0 bridgehead atoms. The molecule has 7 heteroatoms. The Kier molecular flexibility index (Phi) is 6.28. The van der Waals surface area contributed by atoms with Gasteiger partial charge in [-0.3, -0.25) is 9.59 Å². The van der Waals surface area contributed by atoms with Crippen LogP contribution in [0.3, 0.4) is 0 Å². The van der Waals surface area contributed by atoms with E-state index < -0.39 is 17.6 Å². The average molecular weight is 438 g/mol. The number of hydrogen-bond donors (Lipinski definition) is 0. The normalized spacial score (nSPS) is 17.9. The summed E-state index contributed by atoms with van der Waals surface area (Å²) in [5.41, 5.74) is 1.57. The van der Waals surface area contributed by atoms with E-state index in [0.717, 1.165) is 30.8 Å². The van der Waals surface area contributed by atoms with Crippen LogP contribution in [0, 0.1) is 5.82 Å². The van der Waals surface area contributed by atoms with E-state index in [0.29, 0.717) is 29.2 Å². The van der Waals surface area contributed by atoms with Gasteiger partial charge in [-0.1, -0.05) is 18.2 Å². The number of anilines is 1. The Bertz CT molecular complexity index is 1040. The Labute approximate surface area is 187 Å². The zero-order valence-corrected chi connectivity index (χ0v) is 18.7. The minimum Gasteiger partial charge on any atom is -0.494 e. The van der Waals surface area contributed by atoms with Crippen molar-refractivity contribution in [2.75, 3.05) is 38.7 Å². The molecule has 0 saturated carbocycles. The van der Waals surface area contributed by atoms with Crippen LogP contribution < -0.4 is 9.64 Å². The van der Waals surface area contributed by atoms with Crippen LogP contribution in [0.2, 0.25) is 0 Å². The van der Waals surface area contributed by atoms with Crippen molar-refractivity contribution < 1.29 is 18.7 Å². The minimum atomic E-state index is -0.497. The van der Waals surface area contributed by atoms with E-state index in [9.17, 15) is 14.0 Å². The van der Waals surface area contributed by atoms with Gasteiger partial charge in [0.15, 0.2) is 0 Å². The molecule has 2 heterocycles. The van der Waals surface area contributed by atoms with Gasteiger partial charge in [-0.2, -0.15) is 0 Å². The van der Waals surface area contributed by atoms with Gasteiger partial charge in [-0.05, 0) is 75.8 Å². The number of likely N-dealkylation sites (tertiary alicyclic amines) is 1. The lowest BCUT2D eigenvalue weighted by Gasteiger charge is -2.36. The summed E-state index contributed by atoms with van der Waals surface area (Å²) in [5, 5.41) is 0. The first-order valence-electron chi connectivity index (χ1n) is 10.9. The van der Waals surface area contributed by atoms with Crippen LogP contribution in [-0.4, -0.2) is 61.4 Å². The smallest absolute Gasteiger partial charge is 0.282 e. The van der Waals surface area contributed by atoms with Gasteiger partial charge in [0.2, 0.25) is 0 Å². The number of rotatable bonds is 6. The predicted octanol–water partition coefficient (Wildman–Crippen LogP) is 3.53. The predicted molar refractivity (Wildman–Crippen MR) is 122 cm³/mol. The number of likely N-dealkylation sites (N-methyl/N-ethyl adjacent to an activating group) is 1. The molecule has 0 radical (unpaired) electrons. The van der Waals surface area contributed by atoms with Gasteiger partial charge < -0.3 is 14.5 Å². The van der Waals surface area contributed by atoms with Crippen LogP contribution in [0.4, 0.5) is 10.1 Å². The van der Waals surface area contributed by atoms with E-state index in [2.05, 4.69) is 11.9 Å². The zero-order valence-electron chi connectivity index (χ0n) is 18.7. The summed E-state index contributed by atoms with van der Waals surface area (Å²) in [7, 11) is 3.96. The van der Waals surface area contributed by atoms with E-state index in [4.69, 9.17) is 4.74 Å². The van der Waals surface area contributed by atoms with Gasteiger partial charge in [-0.25, -0.2) is 9.29 Å². The van der Waals surface area contributed by atoms with E-state index in [1.807, 2.05) is 18.9 Å². The van der Waals surface area contributed by atoms with Gasteiger partial charge in [0.1, 0.15) is 17.3 Å². The molecular formula is C25H28FN3O3.